The Morgan fingerprint density at radius 1 is 1.30 bits per heavy atom. The van der Waals surface area contributed by atoms with Crippen molar-refractivity contribution in [1.82, 2.24) is 10.6 Å². The predicted octanol–water partition coefficient (Wildman–Crippen LogP) is 1.28. The summed E-state index contributed by atoms with van der Waals surface area (Å²) in [5, 5.41) is 16.8. The lowest BCUT2D eigenvalue weighted by Gasteiger charge is -2.25. The Morgan fingerprint density at radius 2 is 1.95 bits per heavy atom. The fraction of sp³-hybridized carbons (Fsp3) is 0.571. The molecule has 0 unspecified atom stereocenters. The van der Waals surface area contributed by atoms with E-state index in [2.05, 4.69) is 10.6 Å². The van der Waals surface area contributed by atoms with Crippen LogP contribution in [0.25, 0.3) is 0 Å². The molecule has 1 heterocycles. The lowest BCUT2D eigenvalue weighted by molar-refractivity contribution is -0.139. The van der Waals surface area contributed by atoms with E-state index >= 15 is 0 Å². The molecule has 0 radical (unpaired) electrons. The molecule has 20 heavy (non-hydrogen) atoms. The molecule has 112 valence electrons. The minimum absolute atomic E-state index is 0.230. The number of aliphatic hydroxyl groups excluding tert-OH is 1. The Bertz CT molecular complexity index is 438. The molecule has 1 aromatic rings. The molecule has 0 bridgehead atoms. The summed E-state index contributed by atoms with van der Waals surface area (Å²) in [6.45, 7) is 6.41. The molecule has 0 saturated carbocycles. The van der Waals surface area contributed by atoms with Crippen molar-refractivity contribution < 1.29 is 14.7 Å². The maximum Gasteiger partial charge on any atom is 0.309 e. The smallest absolute Gasteiger partial charge is 0.309 e. The van der Waals surface area contributed by atoms with Crippen LogP contribution >= 0.6 is 11.3 Å². The summed E-state index contributed by atoms with van der Waals surface area (Å²) in [5.74, 6) is -1.31. The van der Waals surface area contributed by atoms with E-state index in [9.17, 15) is 14.7 Å². The number of carbonyl (C=O) groups is 2. The molecule has 5 nitrogen and oxygen atoms in total. The number of carbonyl (C=O) groups excluding carboxylic acids is 2. The second-order valence-electron chi connectivity index (χ2n) is 5.69. The summed E-state index contributed by atoms with van der Waals surface area (Å²) >= 11 is 1.52. The summed E-state index contributed by atoms with van der Waals surface area (Å²) in [4.78, 5) is 24.1. The molecule has 6 heteroatoms. The van der Waals surface area contributed by atoms with E-state index in [-0.39, 0.29) is 12.0 Å². The number of hydrogen-bond acceptors (Lipinski definition) is 4. The molecule has 0 aliphatic carbocycles. The van der Waals surface area contributed by atoms with Crippen molar-refractivity contribution in [2.75, 3.05) is 6.54 Å². The van der Waals surface area contributed by atoms with Crippen molar-refractivity contribution >= 4 is 23.2 Å². The molecule has 1 atom stereocenters. The quantitative estimate of drug-likeness (QED) is 0.717. The highest BCUT2D eigenvalue weighted by atomic mass is 32.1. The number of amides is 2. The standard InChI is InChI=1S/C14H22N2O3S/c1-14(2,3)11(17)6-7-15-12(18)13(19)16-9-10-5-4-8-20-10/h4-5,8,11,17H,6-7,9H2,1-3H3,(H,15,18)(H,16,19)/t11-/m1/s1. The fourth-order valence-corrected chi connectivity index (χ4v) is 2.14. The topological polar surface area (TPSA) is 78.4 Å². The van der Waals surface area contributed by atoms with E-state index in [0.29, 0.717) is 13.0 Å². The van der Waals surface area contributed by atoms with E-state index in [1.54, 1.807) is 0 Å². The molecule has 2 amide bonds. The van der Waals surface area contributed by atoms with Gasteiger partial charge in [0.15, 0.2) is 0 Å². The van der Waals surface area contributed by atoms with Gasteiger partial charge in [-0.15, -0.1) is 11.3 Å². The van der Waals surface area contributed by atoms with Crippen LogP contribution in [0.4, 0.5) is 0 Å². The maximum atomic E-state index is 11.5. The third-order valence-corrected chi connectivity index (χ3v) is 3.79. The summed E-state index contributed by atoms with van der Waals surface area (Å²) in [6.07, 6.45) is -0.0926. The Labute approximate surface area is 123 Å². The van der Waals surface area contributed by atoms with Gasteiger partial charge in [0.2, 0.25) is 0 Å². The van der Waals surface area contributed by atoms with Gasteiger partial charge in [0.05, 0.1) is 12.6 Å². The van der Waals surface area contributed by atoms with Gasteiger partial charge in [0.1, 0.15) is 0 Å². The van der Waals surface area contributed by atoms with Gasteiger partial charge in [-0.3, -0.25) is 9.59 Å². The van der Waals surface area contributed by atoms with E-state index in [1.807, 2.05) is 38.3 Å². The highest BCUT2D eigenvalue weighted by Gasteiger charge is 2.22. The molecule has 3 N–H and O–H groups in total. The van der Waals surface area contributed by atoms with Gasteiger partial charge in [-0.05, 0) is 23.3 Å². The zero-order chi connectivity index (χ0) is 15.2. The van der Waals surface area contributed by atoms with Crippen molar-refractivity contribution in [1.29, 1.82) is 0 Å². The van der Waals surface area contributed by atoms with E-state index in [4.69, 9.17) is 0 Å². The third-order valence-electron chi connectivity index (χ3n) is 2.91. The third kappa shape index (κ3) is 5.71. The van der Waals surface area contributed by atoms with Crippen molar-refractivity contribution in [3.8, 4) is 0 Å². The Kier molecular flexibility index (Phi) is 6.16. The Morgan fingerprint density at radius 3 is 2.50 bits per heavy atom. The first-order valence-electron chi connectivity index (χ1n) is 6.57. The van der Waals surface area contributed by atoms with Crippen LogP contribution in [0.2, 0.25) is 0 Å². The summed E-state index contributed by atoms with van der Waals surface area (Å²) in [7, 11) is 0. The highest BCUT2D eigenvalue weighted by Crippen LogP contribution is 2.20. The molecule has 0 fully saturated rings. The molecular weight excluding hydrogens is 276 g/mol. The van der Waals surface area contributed by atoms with Gasteiger partial charge in [-0.2, -0.15) is 0 Å². The van der Waals surface area contributed by atoms with Crippen LogP contribution in [0.1, 0.15) is 32.1 Å². The normalized spacial score (nSPS) is 12.8. The summed E-state index contributed by atoms with van der Waals surface area (Å²) in [5.41, 5.74) is -0.230. The minimum Gasteiger partial charge on any atom is -0.393 e. The predicted molar refractivity (Wildman–Crippen MR) is 79.3 cm³/mol. The highest BCUT2D eigenvalue weighted by molar-refractivity contribution is 7.09. The van der Waals surface area contributed by atoms with Gasteiger partial charge < -0.3 is 15.7 Å². The van der Waals surface area contributed by atoms with Gasteiger partial charge in [0.25, 0.3) is 0 Å². The number of aliphatic hydroxyl groups is 1. The molecule has 0 aliphatic heterocycles. The number of hydrogen-bond donors (Lipinski definition) is 3. The Hall–Kier alpha value is -1.40. The van der Waals surface area contributed by atoms with Crippen LogP contribution in [0.15, 0.2) is 17.5 Å². The van der Waals surface area contributed by atoms with Crippen LogP contribution in [0.3, 0.4) is 0 Å². The zero-order valence-corrected chi connectivity index (χ0v) is 12.9. The maximum absolute atomic E-state index is 11.5. The monoisotopic (exact) mass is 298 g/mol. The lowest BCUT2D eigenvalue weighted by Crippen LogP contribution is -2.41. The number of thiophene rings is 1. The zero-order valence-electron chi connectivity index (χ0n) is 12.1. The summed E-state index contributed by atoms with van der Waals surface area (Å²) < 4.78 is 0. The molecule has 1 aromatic heterocycles. The average Bonchev–Trinajstić information content (AvgIpc) is 2.87. The van der Waals surface area contributed by atoms with Crippen molar-refractivity contribution in [3.63, 3.8) is 0 Å². The van der Waals surface area contributed by atoms with Gasteiger partial charge in [-0.1, -0.05) is 26.8 Å². The first-order chi connectivity index (χ1) is 9.30. The van der Waals surface area contributed by atoms with Crippen molar-refractivity contribution in [2.45, 2.75) is 39.8 Å². The Balaban J connectivity index is 2.23. The molecule has 0 aliphatic rings. The van der Waals surface area contributed by atoms with E-state index < -0.39 is 17.9 Å². The molecular formula is C14H22N2O3S. The van der Waals surface area contributed by atoms with Crippen LogP contribution in [-0.2, 0) is 16.1 Å². The first-order valence-corrected chi connectivity index (χ1v) is 7.45. The lowest BCUT2D eigenvalue weighted by atomic mass is 9.87. The number of rotatable bonds is 5. The van der Waals surface area contributed by atoms with Gasteiger partial charge in [-0.25, -0.2) is 0 Å². The van der Waals surface area contributed by atoms with E-state index in [1.165, 1.54) is 11.3 Å². The largest absolute Gasteiger partial charge is 0.393 e. The first kappa shape index (κ1) is 16.7. The molecule has 0 aromatic carbocycles. The van der Waals surface area contributed by atoms with Crippen LogP contribution < -0.4 is 10.6 Å². The number of nitrogens with one attached hydrogen (secondary N) is 2. The van der Waals surface area contributed by atoms with Crippen LogP contribution in [0, 0.1) is 5.41 Å². The van der Waals surface area contributed by atoms with E-state index in [0.717, 1.165) is 4.88 Å². The molecule has 1 rings (SSSR count). The van der Waals surface area contributed by atoms with Crippen molar-refractivity contribution in [3.05, 3.63) is 22.4 Å². The van der Waals surface area contributed by atoms with Crippen LogP contribution in [0.5, 0.6) is 0 Å². The van der Waals surface area contributed by atoms with Crippen molar-refractivity contribution in [2.24, 2.45) is 5.41 Å². The average molecular weight is 298 g/mol. The second kappa shape index (κ2) is 7.40. The molecule has 0 spiro atoms. The molecule has 0 saturated heterocycles. The summed E-state index contributed by atoms with van der Waals surface area (Å²) in [6, 6.07) is 3.78. The SMILES string of the molecule is CC(C)(C)[C@H](O)CCNC(=O)C(=O)NCc1cccs1. The second-order valence-corrected chi connectivity index (χ2v) is 6.72. The van der Waals surface area contributed by atoms with Crippen LogP contribution in [-0.4, -0.2) is 29.6 Å². The minimum atomic E-state index is -0.664. The van der Waals surface area contributed by atoms with Gasteiger partial charge >= 0.3 is 11.8 Å². The fourth-order valence-electron chi connectivity index (χ4n) is 1.50. The van der Waals surface area contributed by atoms with Gasteiger partial charge in [0, 0.05) is 11.4 Å².